The van der Waals surface area contributed by atoms with E-state index in [-0.39, 0.29) is 22.3 Å². The third kappa shape index (κ3) is 20.5. The van der Waals surface area contributed by atoms with Crippen molar-refractivity contribution in [1.29, 1.82) is 0 Å². The summed E-state index contributed by atoms with van der Waals surface area (Å²) in [5, 5.41) is 62.5. The average Bonchev–Trinajstić information content (AvgIpc) is 3.09. The number of hydrogen-bond acceptors (Lipinski definition) is 18. The Balaban J connectivity index is 6.37. The molecule has 8 atom stereocenters. The van der Waals surface area contributed by atoms with Crippen molar-refractivity contribution >= 4 is 23.9 Å². The Morgan fingerprint density at radius 2 is 0.635 bits per heavy atom. The van der Waals surface area contributed by atoms with Crippen molar-refractivity contribution in [3.63, 3.8) is 0 Å². The van der Waals surface area contributed by atoms with Gasteiger partial charge in [-0.2, -0.15) is 0 Å². The third-order valence-corrected chi connectivity index (χ3v) is 6.41. The van der Waals surface area contributed by atoms with E-state index in [9.17, 15) is 49.8 Å². The highest BCUT2D eigenvalue weighted by molar-refractivity contribution is 5.88. The first kappa shape index (κ1) is 48.4. The Morgan fingerprint density at radius 3 is 0.827 bits per heavy atom. The smallest absolute Gasteiger partial charge is 0.333 e. The van der Waals surface area contributed by atoms with E-state index in [0.29, 0.717) is 0 Å². The fourth-order valence-corrected chi connectivity index (χ4v) is 3.62. The lowest BCUT2D eigenvalue weighted by Crippen LogP contribution is -2.54. The molecule has 0 fully saturated rings. The van der Waals surface area contributed by atoms with Crippen LogP contribution in [0.4, 0.5) is 0 Å². The number of aliphatic hydroxyl groups is 6. The molecule has 52 heavy (non-hydrogen) atoms. The van der Waals surface area contributed by atoms with Gasteiger partial charge in [-0.15, -0.1) is 0 Å². The van der Waals surface area contributed by atoms with Gasteiger partial charge in [-0.05, 0) is 27.7 Å². The first-order valence-electron chi connectivity index (χ1n) is 16.0. The summed E-state index contributed by atoms with van der Waals surface area (Å²) in [7, 11) is 0. The van der Waals surface area contributed by atoms with E-state index in [0.717, 1.165) is 0 Å². The number of rotatable bonds is 29. The molecule has 0 heterocycles. The summed E-state index contributed by atoms with van der Waals surface area (Å²) in [5.74, 6) is -3.14. The van der Waals surface area contributed by atoms with E-state index < -0.39 is 139 Å². The van der Waals surface area contributed by atoms with Gasteiger partial charge in [-0.25, -0.2) is 19.2 Å². The van der Waals surface area contributed by atoms with Crippen LogP contribution in [-0.2, 0) is 57.1 Å². The maximum atomic E-state index is 11.8. The quantitative estimate of drug-likeness (QED) is 0.0287. The molecule has 0 aliphatic heterocycles. The van der Waals surface area contributed by atoms with Crippen LogP contribution in [0.25, 0.3) is 0 Å². The summed E-state index contributed by atoms with van der Waals surface area (Å²) in [6.45, 7) is 13.2. The van der Waals surface area contributed by atoms with Crippen LogP contribution in [-0.4, -0.2) is 169 Å². The van der Waals surface area contributed by atoms with Crippen LogP contribution >= 0.6 is 0 Å². The number of carbonyl (C=O) groups excluding carboxylic acids is 4. The molecule has 0 aromatic heterocycles. The zero-order valence-corrected chi connectivity index (χ0v) is 30.1. The van der Waals surface area contributed by atoms with Crippen LogP contribution in [0.3, 0.4) is 0 Å². The fourth-order valence-electron chi connectivity index (χ4n) is 3.62. The van der Waals surface area contributed by atoms with E-state index in [1.807, 2.05) is 0 Å². The minimum Gasteiger partial charge on any atom is -0.460 e. The van der Waals surface area contributed by atoms with Gasteiger partial charge in [0, 0.05) is 22.3 Å². The molecule has 0 spiro atoms. The highest BCUT2D eigenvalue weighted by atomic mass is 16.6. The summed E-state index contributed by atoms with van der Waals surface area (Å²) >= 11 is 0. The molecule has 18 nitrogen and oxygen atoms in total. The molecule has 0 amide bonds. The topological polar surface area (TPSA) is 263 Å². The number of aliphatic hydroxyl groups excluding tert-OH is 6. The minimum absolute atomic E-state index is 0.0627. The highest BCUT2D eigenvalue weighted by Crippen LogP contribution is 2.20. The van der Waals surface area contributed by atoms with Gasteiger partial charge in [-0.3, -0.25) is 0 Å². The average molecular weight is 751 g/mol. The van der Waals surface area contributed by atoms with Crippen LogP contribution in [0.1, 0.15) is 27.7 Å². The molecule has 0 aromatic rings. The van der Waals surface area contributed by atoms with Gasteiger partial charge in [0.15, 0.2) is 0 Å². The van der Waals surface area contributed by atoms with E-state index in [4.69, 9.17) is 37.9 Å². The molecular formula is C34H54O18. The van der Waals surface area contributed by atoms with Gasteiger partial charge in [-0.1, -0.05) is 26.3 Å². The molecule has 0 aromatic carbocycles. The fraction of sp³-hybridized carbons (Fsp3) is 0.647. The molecule has 4 unspecified atom stereocenters. The van der Waals surface area contributed by atoms with Gasteiger partial charge in [0.1, 0.15) is 75.3 Å². The lowest BCUT2D eigenvalue weighted by molar-refractivity contribution is -0.213. The van der Waals surface area contributed by atoms with E-state index in [2.05, 4.69) is 26.3 Å². The highest BCUT2D eigenvalue weighted by Gasteiger charge is 2.39. The first-order valence-corrected chi connectivity index (χ1v) is 16.0. The Bertz CT molecular complexity index is 1090. The number of hydrogen-bond donors (Lipinski definition) is 6. The van der Waals surface area contributed by atoms with Crippen molar-refractivity contribution in [3.8, 4) is 0 Å². The second kappa shape index (κ2) is 26.2. The van der Waals surface area contributed by atoms with Crippen molar-refractivity contribution in [2.75, 3.05) is 66.1 Å². The van der Waals surface area contributed by atoms with Crippen molar-refractivity contribution in [2.24, 2.45) is 0 Å². The Morgan fingerprint density at radius 1 is 0.423 bits per heavy atom. The monoisotopic (exact) mass is 750 g/mol. The molecule has 0 saturated carbocycles. The zero-order chi connectivity index (χ0) is 40.0. The van der Waals surface area contributed by atoms with Crippen LogP contribution in [0.5, 0.6) is 0 Å². The Hall–Kier alpha value is -3.56. The van der Waals surface area contributed by atoms with E-state index >= 15 is 0 Å². The van der Waals surface area contributed by atoms with Crippen LogP contribution < -0.4 is 0 Å². The molecule has 0 aliphatic rings. The molecule has 6 N–H and O–H groups in total. The molecular weight excluding hydrogens is 696 g/mol. The molecule has 0 bridgehead atoms. The molecule has 0 rings (SSSR count). The lowest BCUT2D eigenvalue weighted by atomic mass is 10.0. The Kier molecular flexibility index (Phi) is 24.4. The lowest BCUT2D eigenvalue weighted by Gasteiger charge is -2.37. The molecule has 298 valence electrons. The van der Waals surface area contributed by atoms with Crippen LogP contribution in [0.2, 0.25) is 0 Å². The second-order valence-electron chi connectivity index (χ2n) is 11.8. The maximum Gasteiger partial charge on any atom is 0.333 e. The van der Waals surface area contributed by atoms with Crippen molar-refractivity contribution in [1.82, 2.24) is 0 Å². The van der Waals surface area contributed by atoms with Gasteiger partial charge >= 0.3 is 23.9 Å². The second-order valence-corrected chi connectivity index (χ2v) is 11.8. The first-order chi connectivity index (χ1) is 24.3. The van der Waals surface area contributed by atoms with Crippen LogP contribution in [0, 0.1) is 0 Å². The number of esters is 4. The van der Waals surface area contributed by atoms with Gasteiger partial charge in [0.05, 0.1) is 39.6 Å². The molecule has 0 aliphatic carbocycles. The van der Waals surface area contributed by atoms with E-state index in [1.165, 1.54) is 27.7 Å². The summed E-state index contributed by atoms with van der Waals surface area (Å²) in [6, 6.07) is 0. The van der Waals surface area contributed by atoms with Gasteiger partial charge in [0.2, 0.25) is 0 Å². The summed E-state index contributed by atoms with van der Waals surface area (Å²) in [6.07, 6.45) is -11.8. The predicted octanol–water partition coefficient (Wildman–Crippen LogP) is -1.57. The molecule has 18 heteroatoms. The SMILES string of the molecule is C=C(C)C(=O)OCC(O)CO[C@H]([C@H](OCC(O)COC(=O)C(=C)C)[C@H](CO)OCC(O)COC(=O)C(=C)C)[C@@H](CO)OCC(O)COC(=O)C(=C)C. The minimum atomic E-state index is -1.54. The van der Waals surface area contributed by atoms with Crippen molar-refractivity contribution in [2.45, 2.75) is 76.5 Å². The number of carbonyl (C=O) groups is 4. The summed E-state index contributed by atoms with van der Waals surface area (Å²) in [4.78, 5) is 47.1. The standard InChI is InChI=1S/C34H54O18/c1-19(2)31(41)49-15-23(37)11-45-27(9-35)29(47-13-25(39)17-51-33(43)21(5)6)30(48-14-26(40)18-52-34(44)22(7)8)28(10-36)46-12-24(38)16-50-32(42)20(3)4/h23-30,35-40H,1,3,5,7,9-18H2,2,4,6,8H3/t23?,24?,25?,26?,27-,28+,29+,30-. The van der Waals surface area contributed by atoms with Crippen molar-refractivity contribution < 1.29 is 87.7 Å². The summed E-state index contributed by atoms with van der Waals surface area (Å²) < 4.78 is 42.8. The third-order valence-electron chi connectivity index (χ3n) is 6.41. The summed E-state index contributed by atoms with van der Waals surface area (Å²) in [5.41, 5.74) is 0.279. The maximum absolute atomic E-state index is 11.8. The largest absolute Gasteiger partial charge is 0.460 e. The van der Waals surface area contributed by atoms with Crippen LogP contribution in [0.15, 0.2) is 48.6 Å². The van der Waals surface area contributed by atoms with Crippen molar-refractivity contribution in [3.05, 3.63) is 48.6 Å². The van der Waals surface area contributed by atoms with Gasteiger partial charge in [0.25, 0.3) is 0 Å². The van der Waals surface area contributed by atoms with Gasteiger partial charge < -0.3 is 68.5 Å². The normalized spacial score (nSPS) is 15.8. The molecule has 0 radical (unpaired) electrons. The van der Waals surface area contributed by atoms with E-state index in [1.54, 1.807) is 0 Å². The molecule has 0 saturated heterocycles. The predicted molar refractivity (Wildman–Crippen MR) is 180 cm³/mol. The zero-order valence-electron chi connectivity index (χ0n) is 30.1. The number of ether oxygens (including phenoxy) is 8. The Labute approximate surface area is 302 Å².